The van der Waals surface area contributed by atoms with E-state index >= 15 is 0 Å². The molecular weight excluding hydrogens is 246 g/mol. The summed E-state index contributed by atoms with van der Waals surface area (Å²) in [4.78, 5) is 27.8. The van der Waals surface area contributed by atoms with E-state index in [-0.39, 0.29) is 17.7 Å². The third-order valence-corrected chi connectivity index (χ3v) is 3.06. The molecule has 2 heterocycles. The van der Waals surface area contributed by atoms with Crippen molar-refractivity contribution in [1.29, 1.82) is 0 Å². The molecule has 0 unspecified atom stereocenters. The Balaban J connectivity index is 2.50. The number of nitrogens with one attached hydrogen (secondary N) is 2. The molecule has 2 aromatic rings. The fourth-order valence-electron chi connectivity index (χ4n) is 1.77. The number of nitrogens with zero attached hydrogens (tertiary/aromatic N) is 2. The molecule has 0 aromatic carbocycles. The maximum absolute atomic E-state index is 12.1. The number of rotatable bonds is 3. The minimum Gasteiger partial charge on any atom is -0.308 e. The third-order valence-electron chi connectivity index (χ3n) is 3.06. The SMILES string of the molecule is Cc1c(C)c(=O)n(Cc2cccnc2NN)[nH]c1=O. The van der Waals surface area contributed by atoms with Gasteiger partial charge in [-0.1, -0.05) is 6.07 Å². The molecule has 7 heteroatoms. The van der Waals surface area contributed by atoms with Crippen LogP contribution in [-0.2, 0) is 6.54 Å². The molecule has 0 aliphatic rings. The van der Waals surface area contributed by atoms with Crippen LogP contribution in [0.3, 0.4) is 0 Å². The predicted octanol–water partition coefficient (Wildman–Crippen LogP) is -0.118. The van der Waals surface area contributed by atoms with Gasteiger partial charge in [0.15, 0.2) is 0 Å². The smallest absolute Gasteiger partial charge is 0.268 e. The lowest BCUT2D eigenvalue weighted by Crippen LogP contribution is -2.33. The molecule has 0 radical (unpaired) electrons. The summed E-state index contributed by atoms with van der Waals surface area (Å²) in [5.74, 6) is 5.82. The van der Waals surface area contributed by atoms with Crippen molar-refractivity contribution in [2.45, 2.75) is 20.4 Å². The molecule has 0 saturated heterocycles. The van der Waals surface area contributed by atoms with Crippen molar-refractivity contribution in [3.63, 3.8) is 0 Å². The average molecular weight is 261 g/mol. The minimum absolute atomic E-state index is 0.197. The van der Waals surface area contributed by atoms with Gasteiger partial charge in [0.05, 0.1) is 6.54 Å². The Morgan fingerprint density at radius 2 is 2.11 bits per heavy atom. The summed E-state index contributed by atoms with van der Waals surface area (Å²) in [5, 5.41) is 2.54. The van der Waals surface area contributed by atoms with E-state index in [9.17, 15) is 9.59 Å². The number of aromatic amines is 1. The Hall–Kier alpha value is -2.41. The largest absolute Gasteiger partial charge is 0.308 e. The molecule has 4 N–H and O–H groups in total. The fraction of sp³-hybridized carbons (Fsp3) is 0.250. The van der Waals surface area contributed by atoms with E-state index in [4.69, 9.17) is 5.84 Å². The van der Waals surface area contributed by atoms with E-state index in [0.29, 0.717) is 22.5 Å². The van der Waals surface area contributed by atoms with Crippen LogP contribution in [0.4, 0.5) is 5.82 Å². The second-order valence-electron chi connectivity index (χ2n) is 4.24. The van der Waals surface area contributed by atoms with Crippen LogP contribution in [0.25, 0.3) is 0 Å². The second-order valence-corrected chi connectivity index (χ2v) is 4.24. The van der Waals surface area contributed by atoms with Gasteiger partial charge in [0.2, 0.25) is 0 Å². The monoisotopic (exact) mass is 261 g/mol. The lowest BCUT2D eigenvalue weighted by molar-refractivity contribution is 0.617. The molecule has 2 aromatic heterocycles. The normalized spacial score (nSPS) is 10.5. The molecule has 0 saturated carbocycles. The molecule has 0 atom stereocenters. The lowest BCUT2D eigenvalue weighted by Gasteiger charge is -2.10. The highest BCUT2D eigenvalue weighted by molar-refractivity contribution is 5.42. The Labute approximate surface area is 109 Å². The second kappa shape index (κ2) is 5.07. The van der Waals surface area contributed by atoms with E-state index in [1.807, 2.05) is 0 Å². The topological polar surface area (TPSA) is 106 Å². The number of nitrogen functional groups attached to an aromatic ring is 1. The Morgan fingerprint density at radius 1 is 1.37 bits per heavy atom. The summed E-state index contributed by atoms with van der Waals surface area (Å²) < 4.78 is 1.25. The number of anilines is 1. The van der Waals surface area contributed by atoms with Crippen LogP contribution in [0, 0.1) is 13.8 Å². The highest BCUT2D eigenvalue weighted by Gasteiger charge is 2.09. The molecule has 2 rings (SSSR count). The molecule has 0 aliphatic carbocycles. The van der Waals surface area contributed by atoms with Gasteiger partial charge in [-0.2, -0.15) is 0 Å². The molecule has 7 nitrogen and oxygen atoms in total. The van der Waals surface area contributed by atoms with E-state index in [1.165, 1.54) is 4.68 Å². The quantitative estimate of drug-likeness (QED) is 0.527. The van der Waals surface area contributed by atoms with Gasteiger partial charge in [0.1, 0.15) is 5.82 Å². The lowest BCUT2D eigenvalue weighted by atomic mass is 10.2. The van der Waals surface area contributed by atoms with Gasteiger partial charge in [-0.3, -0.25) is 14.7 Å². The van der Waals surface area contributed by atoms with Crippen LogP contribution in [0.15, 0.2) is 27.9 Å². The van der Waals surface area contributed by atoms with E-state index in [1.54, 1.807) is 32.2 Å². The molecule has 19 heavy (non-hydrogen) atoms. The summed E-state index contributed by atoms with van der Waals surface area (Å²) in [6.45, 7) is 3.45. The number of hydrazine groups is 1. The predicted molar refractivity (Wildman–Crippen MR) is 71.9 cm³/mol. The van der Waals surface area contributed by atoms with Gasteiger partial charge < -0.3 is 5.43 Å². The Morgan fingerprint density at radius 3 is 2.79 bits per heavy atom. The molecule has 100 valence electrons. The highest BCUT2D eigenvalue weighted by Crippen LogP contribution is 2.10. The van der Waals surface area contributed by atoms with E-state index in [0.717, 1.165) is 0 Å². The standard InChI is InChI=1S/C12H15N5O2/c1-7-8(2)12(19)17(16-11(7)18)6-9-4-3-5-14-10(9)15-13/h3-5H,6,13H2,1-2H3,(H,14,15)(H,16,18). The van der Waals surface area contributed by atoms with E-state index < -0.39 is 0 Å². The van der Waals surface area contributed by atoms with Crippen LogP contribution >= 0.6 is 0 Å². The molecular formula is C12H15N5O2. The van der Waals surface area contributed by atoms with E-state index in [2.05, 4.69) is 15.5 Å². The third kappa shape index (κ3) is 2.41. The number of pyridine rings is 1. The number of hydrogen-bond donors (Lipinski definition) is 3. The zero-order chi connectivity index (χ0) is 14.0. The maximum Gasteiger partial charge on any atom is 0.268 e. The molecule has 0 fully saturated rings. The fourth-order valence-corrected chi connectivity index (χ4v) is 1.77. The van der Waals surface area contributed by atoms with Crippen molar-refractivity contribution in [3.05, 3.63) is 55.7 Å². The molecule has 0 spiro atoms. The van der Waals surface area contributed by atoms with Gasteiger partial charge in [-0.15, -0.1) is 0 Å². The summed E-state index contributed by atoms with van der Waals surface area (Å²) in [6.07, 6.45) is 1.59. The first-order valence-corrected chi connectivity index (χ1v) is 5.75. The average Bonchev–Trinajstić information content (AvgIpc) is 2.43. The summed E-state index contributed by atoms with van der Waals surface area (Å²) in [7, 11) is 0. The summed E-state index contributed by atoms with van der Waals surface area (Å²) >= 11 is 0. The number of hydrogen-bond acceptors (Lipinski definition) is 5. The summed E-state index contributed by atoms with van der Waals surface area (Å²) in [6, 6.07) is 3.52. The molecule has 0 aliphatic heterocycles. The van der Waals surface area contributed by atoms with Crippen LogP contribution in [-0.4, -0.2) is 14.8 Å². The molecule has 0 amide bonds. The number of H-pyrrole nitrogens is 1. The highest BCUT2D eigenvalue weighted by atomic mass is 16.2. The van der Waals surface area contributed by atoms with Gasteiger partial charge in [0.25, 0.3) is 11.1 Å². The van der Waals surface area contributed by atoms with Crippen LogP contribution in [0.2, 0.25) is 0 Å². The minimum atomic E-state index is -0.275. The zero-order valence-corrected chi connectivity index (χ0v) is 10.7. The Bertz CT molecular complexity index is 717. The van der Waals surface area contributed by atoms with Crippen molar-refractivity contribution in [1.82, 2.24) is 14.8 Å². The van der Waals surface area contributed by atoms with Crippen molar-refractivity contribution in [2.75, 3.05) is 5.43 Å². The first-order chi connectivity index (χ1) is 9.04. The van der Waals surface area contributed by atoms with Crippen LogP contribution in [0.5, 0.6) is 0 Å². The number of nitrogens with two attached hydrogens (primary N) is 1. The van der Waals surface area contributed by atoms with Crippen LogP contribution < -0.4 is 22.4 Å². The first kappa shape index (κ1) is 13.0. The van der Waals surface area contributed by atoms with Crippen molar-refractivity contribution >= 4 is 5.82 Å². The maximum atomic E-state index is 12.1. The van der Waals surface area contributed by atoms with Crippen molar-refractivity contribution in [3.8, 4) is 0 Å². The first-order valence-electron chi connectivity index (χ1n) is 5.75. The van der Waals surface area contributed by atoms with Crippen molar-refractivity contribution < 1.29 is 0 Å². The van der Waals surface area contributed by atoms with Crippen molar-refractivity contribution in [2.24, 2.45) is 5.84 Å². The van der Waals surface area contributed by atoms with Crippen LogP contribution in [0.1, 0.15) is 16.7 Å². The van der Waals surface area contributed by atoms with Gasteiger partial charge in [-0.05, 0) is 19.9 Å². The van der Waals surface area contributed by atoms with Gasteiger partial charge >= 0.3 is 0 Å². The zero-order valence-electron chi connectivity index (χ0n) is 10.7. The Kier molecular flexibility index (Phi) is 3.48. The number of aromatic nitrogens is 3. The van der Waals surface area contributed by atoms with Gasteiger partial charge in [-0.25, -0.2) is 15.5 Å². The van der Waals surface area contributed by atoms with Gasteiger partial charge in [0, 0.05) is 22.9 Å². The summed E-state index contributed by atoms with van der Waals surface area (Å²) in [5.41, 5.74) is 3.54. The molecule has 0 bridgehead atoms.